The van der Waals surface area contributed by atoms with Crippen LogP contribution in [0.3, 0.4) is 0 Å². The molecule has 1 atom stereocenters. The number of nitrogens with one attached hydrogen (secondary N) is 1. The summed E-state index contributed by atoms with van der Waals surface area (Å²) in [5.41, 5.74) is 0.422. The largest absolute Gasteiger partial charge is 0.444 e. The van der Waals surface area contributed by atoms with E-state index in [1.807, 2.05) is 6.92 Å². The average Bonchev–Trinajstić information content (AvgIpc) is 2.51. The SMILES string of the molecule is Br.C=C(C)C(=O)OC(C)NC(C)(C)CCCCCCCCCCCCC. The van der Waals surface area contributed by atoms with Gasteiger partial charge in [0.2, 0.25) is 0 Å². The van der Waals surface area contributed by atoms with Gasteiger partial charge in [0.05, 0.1) is 0 Å². The van der Waals surface area contributed by atoms with Crippen molar-refractivity contribution in [2.24, 2.45) is 0 Å². The van der Waals surface area contributed by atoms with Crippen molar-refractivity contribution in [1.29, 1.82) is 0 Å². The summed E-state index contributed by atoms with van der Waals surface area (Å²) >= 11 is 0. The molecule has 0 fully saturated rings. The molecule has 3 nitrogen and oxygen atoms in total. The highest BCUT2D eigenvalue weighted by molar-refractivity contribution is 8.93. The van der Waals surface area contributed by atoms with Crippen LogP contribution in [0.15, 0.2) is 12.2 Å². The topological polar surface area (TPSA) is 38.3 Å². The Bertz CT molecular complexity index is 369. The lowest BCUT2D eigenvalue weighted by Crippen LogP contribution is -2.46. The molecule has 0 aliphatic rings. The van der Waals surface area contributed by atoms with Crippen LogP contribution in [0.1, 0.15) is 112 Å². The van der Waals surface area contributed by atoms with Crippen molar-refractivity contribution in [2.45, 2.75) is 123 Å². The maximum atomic E-state index is 11.5. The number of esters is 1. The molecule has 0 saturated heterocycles. The smallest absolute Gasteiger partial charge is 0.334 e. The predicted octanol–water partition coefficient (Wildman–Crippen LogP) is 7.10. The Morgan fingerprint density at radius 2 is 1.38 bits per heavy atom. The molecule has 0 amide bonds. The molecule has 0 radical (unpaired) electrons. The molecular weight excluding hydrogens is 390 g/mol. The van der Waals surface area contributed by atoms with Crippen molar-refractivity contribution in [1.82, 2.24) is 5.32 Å². The zero-order valence-corrected chi connectivity index (χ0v) is 19.7. The lowest BCUT2D eigenvalue weighted by atomic mass is 9.95. The van der Waals surface area contributed by atoms with Gasteiger partial charge in [0, 0.05) is 11.1 Å². The standard InChI is InChI=1S/C22H43NO2.BrH/c1-7-8-9-10-11-12-13-14-15-16-17-18-22(5,6)23-20(4)25-21(24)19(2)3;/h20,23H,2,7-18H2,1,3-6H3;1H. The molecule has 0 bridgehead atoms. The number of halogens is 1. The molecule has 0 rings (SSSR count). The van der Waals surface area contributed by atoms with Crippen LogP contribution in [0.4, 0.5) is 0 Å². The van der Waals surface area contributed by atoms with Gasteiger partial charge < -0.3 is 4.74 Å². The maximum absolute atomic E-state index is 11.5. The highest BCUT2D eigenvalue weighted by Crippen LogP contribution is 2.17. The molecule has 0 saturated carbocycles. The molecular formula is C22H44BrNO2. The molecule has 1 unspecified atom stereocenters. The summed E-state index contributed by atoms with van der Waals surface area (Å²) in [5, 5.41) is 3.39. The number of hydrogen-bond acceptors (Lipinski definition) is 3. The Kier molecular flexibility index (Phi) is 18.0. The van der Waals surface area contributed by atoms with Gasteiger partial charge in [-0.1, -0.05) is 84.1 Å². The molecule has 0 aromatic rings. The molecule has 26 heavy (non-hydrogen) atoms. The number of carbonyl (C=O) groups excluding carboxylic acids is 1. The fraction of sp³-hybridized carbons (Fsp3) is 0.864. The van der Waals surface area contributed by atoms with E-state index >= 15 is 0 Å². The first-order valence-electron chi connectivity index (χ1n) is 10.4. The van der Waals surface area contributed by atoms with E-state index in [0.717, 1.165) is 6.42 Å². The van der Waals surface area contributed by atoms with E-state index in [2.05, 4.69) is 32.7 Å². The zero-order chi connectivity index (χ0) is 19.1. The van der Waals surface area contributed by atoms with Gasteiger partial charge in [0.1, 0.15) is 0 Å². The molecule has 0 heterocycles. The van der Waals surface area contributed by atoms with Crippen molar-refractivity contribution in [3.63, 3.8) is 0 Å². The van der Waals surface area contributed by atoms with E-state index < -0.39 is 0 Å². The fourth-order valence-electron chi connectivity index (χ4n) is 3.14. The molecule has 4 heteroatoms. The first-order chi connectivity index (χ1) is 11.8. The third kappa shape index (κ3) is 17.1. The van der Waals surface area contributed by atoms with Crippen LogP contribution in [0, 0.1) is 0 Å². The molecule has 0 aliphatic carbocycles. The van der Waals surface area contributed by atoms with E-state index in [0.29, 0.717) is 5.57 Å². The summed E-state index contributed by atoms with van der Waals surface area (Å²) in [4.78, 5) is 11.5. The van der Waals surface area contributed by atoms with Crippen molar-refractivity contribution in [3.05, 3.63) is 12.2 Å². The summed E-state index contributed by atoms with van der Waals surface area (Å²) in [6.07, 6.45) is 15.8. The van der Waals surface area contributed by atoms with Crippen LogP contribution < -0.4 is 5.32 Å². The van der Waals surface area contributed by atoms with Gasteiger partial charge in [-0.25, -0.2) is 4.79 Å². The van der Waals surface area contributed by atoms with Crippen LogP contribution in [0.2, 0.25) is 0 Å². The van der Waals surface area contributed by atoms with Crippen molar-refractivity contribution >= 4 is 23.0 Å². The quantitative estimate of drug-likeness (QED) is 0.122. The van der Waals surface area contributed by atoms with Crippen LogP contribution >= 0.6 is 17.0 Å². The average molecular weight is 435 g/mol. The Labute approximate surface area is 173 Å². The second-order valence-electron chi connectivity index (χ2n) is 8.14. The summed E-state index contributed by atoms with van der Waals surface area (Å²) < 4.78 is 5.30. The van der Waals surface area contributed by atoms with Gasteiger partial charge in [-0.05, 0) is 34.1 Å². The van der Waals surface area contributed by atoms with E-state index in [1.165, 1.54) is 70.6 Å². The van der Waals surface area contributed by atoms with Crippen LogP contribution in [0.5, 0.6) is 0 Å². The van der Waals surface area contributed by atoms with Gasteiger partial charge in [0.15, 0.2) is 6.23 Å². The van der Waals surface area contributed by atoms with Gasteiger partial charge in [-0.2, -0.15) is 0 Å². The number of rotatable bonds is 16. The van der Waals surface area contributed by atoms with Crippen LogP contribution in [-0.2, 0) is 9.53 Å². The first kappa shape index (κ1) is 27.9. The molecule has 0 spiro atoms. The number of hydrogen-bond donors (Lipinski definition) is 1. The Morgan fingerprint density at radius 3 is 1.81 bits per heavy atom. The summed E-state index contributed by atoms with van der Waals surface area (Å²) in [6, 6.07) is 0. The number of ether oxygens (including phenoxy) is 1. The lowest BCUT2D eigenvalue weighted by Gasteiger charge is -2.30. The Balaban J connectivity index is 0. The van der Waals surface area contributed by atoms with E-state index in [9.17, 15) is 4.79 Å². The van der Waals surface area contributed by atoms with E-state index in [-0.39, 0.29) is 34.7 Å². The third-order valence-corrected chi connectivity index (χ3v) is 4.63. The van der Waals surface area contributed by atoms with Crippen molar-refractivity contribution in [2.75, 3.05) is 0 Å². The zero-order valence-electron chi connectivity index (χ0n) is 18.0. The van der Waals surface area contributed by atoms with E-state index in [1.54, 1.807) is 6.92 Å². The van der Waals surface area contributed by atoms with Crippen LogP contribution in [-0.4, -0.2) is 17.7 Å². The monoisotopic (exact) mass is 433 g/mol. The highest BCUT2D eigenvalue weighted by Gasteiger charge is 2.21. The Morgan fingerprint density at radius 1 is 0.962 bits per heavy atom. The minimum atomic E-state index is -0.328. The van der Waals surface area contributed by atoms with Gasteiger partial charge >= 0.3 is 5.97 Å². The molecule has 0 aromatic carbocycles. The van der Waals surface area contributed by atoms with Gasteiger partial charge in [-0.3, -0.25) is 5.32 Å². The third-order valence-electron chi connectivity index (χ3n) is 4.63. The Hall–Kier alpha value is -0.350. The first-order valence-corrected chi connectivity index (χ1v) is 10.4. The predicted molar refractivity (Wildman–Crippen MR) is 119 cm³/mol. The second-order valence-corrected chi connectivity index (χ2v) is 8.14. The van der Waals surface area contributed by atoms with Gasteiger partial charge in [-0.15, -0.1) is 17.0 Å². The lowest BCUT2D eigenvalue weighted by molar-refractivity contribution is -0.145. The van der Waals surface area contributed by atoms with Crippen molar-refractivity contribution in [3.8, 4) is 0 Å². The number of unbranched alkanes of at least 4 members (excludes halogenated alkanes) is 10. The van der Waals surface area contributed by atoms with Crippen LogP contribution in [0.25, 0.3) is 0 Å². The molecule has 0 aliphatic heterocycles. The minimum Gasteiger partial charge on any atom is -0.444 e. The molecule has 0 aromatic heterocycles. The molecule has 1 N–H and O–H groups in total. The van der Waals surface area contributed by atoms with E-state index in [4.69, 9.17) is 4.74 Å². The second kappa shape index (κ2) is 16.8. The van der Waals surface area contributed by atoms with Crippen molar-refractivity contribution < 1.29 is 9.53 Å². The summed E-state index contributed by atoms with van der Waals surface area (Å²) in [7, 11) is 0. The molecule has 156 valence electrons. The normalized spacial score (nSPS) is 12.3. The minimum absolute atomic E-state index is 0. The summed E-state index contributed by atoms with van der Waals surface area (Å²) in [6.45, 7) is 13.8. The maximum Gasteiger partial charge on any atom is 0.334 e. The highest BCUT2D eigenvalue weighted by atomic mass is 79.9. The number of carbonyl (C=O) groups is 1. The summed E-state index contributed by atoms with van der Waals surface area (Å²) in [5.74, 6) is -0.328. The fourth-order valence-corrected chi connectivity index (χ4v) is 3.14. The van der Waals surface area contributed by atoms with Gasteiger partial charge in [0.25, 0.3) is 0 Å².